The Kier molecular flexibility index (Phi) is 5.20. The fourth-order valence-electron chi connectivity index (χ4n) is 2.63. The summed E-state index contributed by atoms with van der Waals surface area (Å²) in [5.41, 5.74) is 1.29. The first-order valence-electron chi connectivity index (χ1n) is 7.22. The maximum atomic E-state index is 4.35. The minimum absolute atomic E-state index is 0.712. The molecule has 0 bridgehead atoms. The van der Waals surface area contributed by atoms with Crippen molar-refractivity contribution in [3.05, 3.63) is 18.0 Å². The minimum atomic E-state index is 0.712. The van der Waals surface area contributed by atoms with Crippen molar-refractivity contribution in [2.24, 2.45) is 0 Å². The van der Waals surface area contributed by atoms with E-state index in [1.165, 1.54) is 31.4 Å². The molecule has 1 unspecified atom stereocenters. The highest BCUT2D eigenvalue weighted by molar-refractivity contribution is 5.03. The van der Waals surface area contributed by atoms with Gasteiger partial charge >= 0.3 is 0 Å². The Morgan fingerprint density at radius 3 is 3.11 bits per heavy atom. The molecule has 2 rings (SSSR count). The van der Waals surface area contributed by atoms with E-state index in [-0.39, 0.29) is 0 Å². The number of aryl methyl sites for hydroxylation is 1. The predicted molar refractivity (Wildman–Crippen MR) is 74.5 cm³/mol. The molecule has 0 aromatic carbocycles. The first kappa shape index (κ1) is 13.6. The predicted octanol–water partition coefficient (Wildman–Crippen LogP) is 1.87. The Bertz CT molecular complexity index is 347. The van der Waals surface area contributed by atoms with E-state index in [1.54, 1.807) is 0 Å². The molecule has 1 aromatic heterocycles. The van der Waals surface area contributed by atoms with Gasteiger partial charge < -0.3 is 10.2 Å². The number of aromatic nitrogens is 2. The van der Waals surface area contributed by atoms with Crippen LogP contribution in [0.2, 0.25) is 0 Å². The Labute approximate surface area is 110 Å². The van der Waals surface area contributed by atoms with Crippen LogP contribution in [-0.4, -0.2) is 40.9 Å². The maximum absolute atomic E-state index is 4.35. The summed E-state index contributed by atoms with van der Waals surface area (Å²) in [6.07, 6.45) is 9.34. The summed E-state index contributed by atoms with van der Waals surface area (Å²) in [6, 6.07) is 0.712. The topological polar surface area (TPSA) is 33.1 Å². The second-order valence-electron chi connectivity index (χ2n) is 5.37. The van der Waals surface area contributed by atoms with Gasteiger partial charge in [0.2, 0.25) is 0 Å². The van der Waals surface area contributed by atoms with Crippen LogP contribution >= 0.6 is 0 Å². The Morgan fingerprint density at radius 1 is 1.44 bits per heavy atom. The van der Waals surface area contributed by atoms with E-state index in [9.17, 15) is 0 Å². The number of rotatable bonds is 6. The van der Waals surface area contributed by atoms with Crippen LogP contribution in [0.25, 0.3) is 0 Å². The Morgan fingerprint density at radius 2 is 2.33 bits per heavy atom. The normalized spacial score (nSPS) is 21.3. The third-order valence-corrected chi connectivity index (χ3v) is 3.77. The molecular formula is C14H26N4. The average molecular weight is 250 g/mol. The number of piperidine rings is 1. The molecule has 4 heteroatoms. The van der Waals surface area contributed by atoms with Crippen LogP contribution in [0.4, 0.5) is 0 Å². The Balaban J connectivity index is 1.70. The monoisotopic (exact) mass is 250 g/mol. The molecule has 1 N–H and O–H groups in total. The van der Waals surface area contributed by atoms with Crippen molar-refractivity contribution in [1.82, 2.24) is 20.0 Å². The zero-order valence-corrected chi connectivity index (χ0v) is 11.7. The van der Waals surface area contributed by atoms with Crippen LogP contribution in [-0.2, 0) is 13.1 Å². The van der Waals surface area contributed by atoms with Gasteiger partial charge in [0.25, 0.3) is 0 Å². The number of likely N-dealkylation sites (N-methyl/N-ethyl adjacent to an activating group) is 1. The second-order valence-corrected chi connectivity index (χ2v) is 5.37. The van der Waals surface area contributed by atoms with Gasteiger partial charge in [-0.3, -0.25) is 4.68 Å². The first-order chi connectivity index (χ1) is 8.79. The SMILES string of the molecule is CCCn1cc(CNCC2CCCCN2C)cn1. The van der Waals surface area contributed by atoms with E-state index in [0.29, 0.717) is 6.04 Å². The highest BCUT2D eigenvalue weighted by atomic mass is 15.3. The van der Waals surface area contributed by atoms with Gasteiger partial charge in [-0.15, -0.1) is 0 Å². The average Bonchev–Trinajstić information content (AvgIpc) is 2.80. The van der Waals surface area contributed by atoms with E-state index < -0.39 is 0 Å². The fourth-order valence-corrected chi connectivity index (χ4v) is 2.63. The lowest BCUT2D eigenvalue weighted by atomic mass is 10.0. The lowest BCUT2D eigenvalue weighted by Gasteiger charge is -2.32. The van der Waals surface area contributed by atoms with Crippen molar-refractivity contribution >= 4 is 0 Å². The molecular weight excluding hydrogens is 224 g/mol. The first-order valence-corrected chi connectivity index (χ1v) is 7.22. The zero-order chi connectivity index (χ0) is 12.8. The molecule has 0 amide bonds. The fraction of sp³-hybridized carbons (Fsp3) is 0.786. The summed E-state index contributed by atoms with van der Waals surface area (Å²) < 4.78 is 2.03. The van der Waals surface area contributed by atoms with E-state index in [4.69, 9.17) is 0 Å². The number of nitrogens with one attached hydrogen (secondary N) is 1. The second kappa shape index (κ2) is 6.90. The third kappa shape index (κ3) is 3.82. The lowest BCUT2D eigenvalue weighted by Crippen LogP contribution is -2.42. The van der Waals surface area contributed by atoms with E-state index in [0.717, 1.165) is 26.1 Å². The van der Waals surface area contributed by atoms with Crippen molar-refractivity contribution in [2.45, 2.75) is 51.7 Å². The molecule has 1 aliphatic heterocycles. The molecule has 1 fully saturated rings. The third-order valence-electron chi connectivity index (χ3n) is 3.77. The van der Waals surface area contributed by atoms with E-state index in [1.807, 2.05) is 10.9 Å². The molecule has 2 heterocycles. The van der Waals surface area contributed by atoms with Crippen LogP contribution < -0.4 is 5.32 Å². The molecule has 18 heavy (non-hydrogen) atoms. The zero-order valence-electron chi connectivity index (χ0n) is 11.7. The van der Waals surface area contributed by atoms with Crippen molar-refractivity contribution in [1.29, 1.82) is 0 Å². The van der Waals surface area contributed by atoms with Crippen molar-refractivity contribution < 1.29 is 0 Å². The van der Waals surface area contributed by atoms with Gasteiger partial charge in [-0.05, 0) is 32.9 Å². The molecule has 4 nitrogen and oxygen atoms in total. The Hall–Kier alpha value is -0.870. The largest absolute Gasteiger partial charge is 0.311 e. The molecule has 0 aliphatic carbocycles. The van der Waals surface area contributed by atoms with Crippen LogP contribution in [0.5, 0.6) is 0 Å². The quantitative estimate of drug-likeness (QED) is 0.836. The summed E-state index contributed by atoms with van der Waals surface area (Å²) in [5.74, 6) is 0. The van der Waals surface area contributed by atoms with Crippen molar-refractivity contribution in [3.8, 4) is 0 Å². The summed E-state index contributed by atoms with van der Waals surface area (Å²) in [4.78, 5) is 2.48. The van der Waals surface area contributed by atoms with Gasteiger partial charge in [-0.1, -0.05) is 13.3 Å². The van der Waals surface area contributed by atoms with Crippen molar-refractivity contribution in [3.63, 3.8) is 0 Å². The molecule has 1 saturated heterocycles. The van der Waals surface area contributed by atoms with Crippen LogP contribution in [0.3, 0.4) is 0 Å². The highest BCUT2D eigenvalue weighted by Crippen LogP contribution is 2.14. The molecule has 1 atom stereocenters. The highest BCUT2D eigenvalue weighted by Gasteiger charge is 2.17. The van der Waals surface area contributed by atoms with Gasteiger partial charge in [0.05, 0.1) is 6.20 Å². The number of hydrogen-bond acceptors (Lipinski definition) is 3. The molecule has 1 aliphatic rings. The molecule has 0 saturated carbocycles. The van der Waals surface area contributed by atoms with Crippen LogP contribution in [0, 0.1) is 0 Å². The van der Waals surface area contributed by atoms with Gasteiger partial charge in [-0.2, -0.15) is 5.10 Å². The number of likely N-dealkylation sites (tertiary alicyclic amines) is 1. The van der Waals surface area contributed by atoms with Gasteiger partial charge in [-0.25, -0.2) is 0 Å². The molecule has 0 radical (unpaired) electrons. The summed E-state index contributed by atoms with van der Waals surface area (Å²) in [6.45, 7) is 6.48. The van der Waals surface area contributed by atoms with E-state index in [2.05, 4.69) is 35.5 Å². The van der Waals surface area contributed by atoms with Crippen LogP contribution in [0.1, 0.15) is 38.2 Å². The number of hydrogen-bond donors (Lipinski definition) is 1. The molecule has 0 spiro atoms. The van der Waals surface area contributed by atoms with Gasteiger partial charge in [0.15, 0.2) is 0 Å². The number of nitrogens with zero attached hydrogens (tertiary/aromatic N) is 3. The van der Waals surface area contributed by atoms with Crippen molar-refractivity contribution in [2.75, 3.05) is 20.1 Å². The summed E-state index contributed by atoms with van der Waals surface area (Å²) in [5, 5.41) is 7.91. The summed E-state index contributed by atoms with van der Waals surface area (Å²) in [7, 11) is 2.24. The van der Waals surface area contributed by atoms with Gasteiger partial charge in [0, 0.05) is 37.4 Å². The minimum Gasteiger partial charge on any atom is -0.311 e. The maximum Gasteiger partial charge on any atom is 0.0534 e. The lowest BCUT2D eigenvalue weighted by molar-refractivity contribution is 0.181. The summed E-state index contributed by atoms with van der Waals surface area (Å²) >= 11 is 0. The molecule has 102 valence electrons. The smallest absolute Gasteiger partial charge is 0.0534 e. The van der Waals surface area contributed by atoms with Crippen LogP contribution in [0.15, 0.2) is 12.4 Å². The standard InChI is InChI=1S/C14H26N4/c1-3-7-18-12-13(10-16-18)9-15-11-14-6-4-5-8-17(14)2/h10,12,14-15H,3-9,11H2,1-2H3. The van der Waals surface area contributed by atoms with E-state index >= 15 is 0 Å². The molecule has 1 aromatic rings. The van der Waals surface area contributed by atoms with Gasteiger partial charge in [0.1, 0.15) is 0 Å².